The van der Waals surface area contributed by atoms with Crippen molar-refractivity contribution >= 4 is 11.4 Å². The summed E-state index contributed by atoms with van der Waals surface area (Å²) < 4.78 is 47.9. The molecular weight excluding hydrogens is 261 g/mol. The van der Waals surface area contributed by atoms with E-state index in [0.717, 1.165) is 0 Å². The van der Waals surface area contributed by atoms with Gasteiger partial charge in [0.05, 0.1) is 25.6 Å². The van der Waals surface area contributed by atoms with Crippen molar-refractivity contribution in [1.82, 2.24) is 0 Å². The number of hydrogen-bond acceptors (Lipinski definition) is 4. The Kier molecular flexibility index (Phi) is 3.64. The molecule has 1 heterocycles. The topological polar surface area (TPSA) is 33.7 Å². The van der Waals surface area contributed by atoms with Crippen LogP contribution in [0.5, 0.6) is 11.5 Å². The quantitative estimate of drug-likeness (QED) is 0.919. The van der Waals surface area contributed by atoms with Gasteiger partial charge < -0.3 is 19.7 Å². The van der Waals surface area contributed by atoms with E-state index < -0.39 is 12.7 Å². The number of benzene rings is 1. The first-order valence-electron chi connectivity index (χ1n) is 5.76. The first-order valence-corrected chi connectivity index (χ1v) is 5.76. The summed E-state index contributed by atoms with van der Waals surface area (Å²) in [4.78, 5) is 1.29. The molecule has 0 radical (unpaired) electrons. The van der Waals surface area contributed by atoms with Crippen LogP contribution < -0.4 is 19.7 Å². The van der Waals surface area contributed by atoms with Gasteiger partial charge in [0.1, 0.15) is 6.54 Å². The fraction of sp³-hybridized carbons (Fsp3) is 0.500. The number of anilines is 2. The zero-order chi connectivity index (χ0) is 14.0. The smallest absolute Gasteiger partial charge is 0.405 e. The lowest BCUT2D eigenvalue weighted by Gasteiger charge is -2.33. The van der Waals surface area contributed by atoms with Crippen LogP contribution in [0.25, 0.3) is 0 Å². The molecule has 0 amide bonds. The minimum Gasteiger partial charge on any atom is -0.493 e. The van der Waals surface area contributed by atoms with Crippen LogP contribution in [0.3, 0.4) is 0 Å². The van der Waals surface area contributed by atoms with E-state index in [1.165, 1.54) is 19.1 Å². The van der Waals surface area contributed by atoms with Crippen LogP contribution in [0.2, 0.25) is 0 Å². The molecule has 2 rings (SSSR count). The number of hydrogen-bond donors (Lipinski definition) is 1. The largest absolute Gasteiger partial charge is 0.493 e. The Bertz CT molecular complexity index is 463. The van der Waals surface area contributed by atoms with Crippen LogP contribution in [0.15, 0.2) is 12.1 Å². The minimum absolute atomic E-state index is 0.294. The minimum atomic E-state index is -4.23. The molecule has 0 atom stereocenters. The number of ether oxygens (including phenoxy) is 2. The lowest BCUT2D eigenvalue weighted by atomic mass is 10.1. The number of rotatable bonds is 3. The number of nitrogens with one attached hydrogen (secondary N) is 1. The monoisotopic (exact) mass is 276 g/mol. The summed E-state index contributed by atoms with van der Waals surface area (Å²) in [5.74, 6) is 0.903. The average Bonchev–Trinajstić information content (AvgIpc) is 2.35. The molecule has 0 spiro atoms. The predicted molar refractivity (Wildman–Crippen MR) is 66.3 cm³/mol. The van der Waals surface area contributed by atoms with E-state index in [4.69, 9.17) is 9.47 Å². The van der Waals surface area contributed by atoms with Crippen molar-refractivity contribution in [3.05, 3.63) is 12.1 Å². The van der Waals surface area contributed by atoms with Crippen molar-refractivity contribution in [2.45, 2.75) is 6.18 Å². The summed E-state index contributed by atoms with van der Waals surface area (Å²) in [5.41, 5.74) is 1.09. The molecule has 1 aromatic rings. The van der Waals surface area contributed by atoms with Gasteiger partial charge in [-0.1, -0.05) is 0 Å². The molecule has 0 aliphatic carbocycles. The van der Waals surface area contributed by atoms with E-state index in [1.807, 2.05) is 0 Å². The fourth-order valence-corrected chi connectivity index (χ4v) is 2.10. The Hall–Kier alpha value is -1.79. The number of alkyl halides is 3. The van der Waals surface area contributed by atoms with E-state index in [9.17, 15) is 13.2 Å². The molecule has 0 fully saturated rings. The average molecular weight is 276 g/mol. The van der Waals surface area contributed by atoms with Crippen molar-refractivity contribution in [2.75, 3.05) is 44.1 Å². The standard InChI is InChI=1S/C12H15F3N2O2/c1-18-10-5-8-9(6-11(10)19-2)17(4-3-16-8)7-12(13,14)15/h5-6,16H,3-4,7H2,1-2H3. The molecule has 7 heteroatoms. The maximum atomic E-state index is 12.5. The molecule has 0 aromatic heterocycles. The second kappa shape index (κ2) is 5.07. The highest BCUT2D eigenvalue weighted by Crippen LogP contribution is 2.40. The van der Waals surface area contributed by atoms with Crippen LogP contribution in [-0.4, -0.2) is 40.0 Å². The molecule has 19 heavy (non-hydrogen) atoms. The highest BCUT2D eigenvalue weighted by molar-refractivity contribution is 5.76. The van der Waals surface area contributed by atoms with Gasteiger partial charge in [-0.3, -0.25) is 0 Å². The molecular formula is C12H15F3N2O2. The normalized spacial score (nSPS) is 14.7. The SMILES string of the molecule is COc1cc2c(cc1OC)N(CC(F)(F)F)CCN2. The molecule has 1 aliphatic heterocycles. The van der Waals surface area contributed by atoms with Crippen LogP contribution >= 0.6 is 0 Å². The molecule has 4 nitrogen and oxygen atoms in total. The number of fused-ring (bicyclic) bond motifs is 1. The highest BCUT2D eigenvalue weighted by atomic mass is 19.4. The number of halogens is 3. The second-order valence-corrected chi connectivity index (χ2v) is 4.19. The second-order valence-electron chi connectivity index (χ2n) is 4.19. The van der Waals surface area contributed by atoms with E-state index >= 15 is 0 Å². The van der Waals surface area contributed by atoms with Gasteiger partial charge in [-0.2, -0.15) is 13.2 Å². The van der Waals surface area contributed by atoms with Crippen LogP contribution in [0.4, 0.5) is 24.5 Å². The van der Waals surface area contributed by atoms with Gasteiger partial charge in [0, 0.05) is 25.2 Å². The third-order valence-corrected chi connectivity index (χ3v) is 2.91. The van der Waals surface area contributed by atoms with Crippen molar-refractivity contribution < 1.29 is 22.6 Å². The van der Waals surface area contributed by atoms with E-state index in [1.54, 1.807) is 12.1 Å². The zero-order valence-corrected chi connectivity index (χ0v) is 10.7. The summed E-state index contributed by atoms with van der Waals surface area (Å²) in [6, 6.07) is 3.21. The predicted octanol–water partition coefficient (Wildman–Crippen LogP) is 2.50. The van der Waals surface area contributed by atoms with Crippen molar-refractivity contribution in [1.29, 1.82) is 0 Å². The fourth-order valence-electron chi connectivity index (χ4n) is 2.10. The third-order valence-electron chi connectivity index (χ3n) is 2.91. The Morgan fingerprint density at radius 1 is 1.21 bits per heavy atom. The van der Waals surface area contributed by atoms with Gasteiger partial charge in [-0.25, -0.2) is 0 Å². The van der Waals surface area contributed by atoms with Gasteiger partial charge in [0.15, 0.2) is 11.5 Å². The molecule has 0 bridgehead atoms. The lowest BCUT2D eigenvalue weighted by molar-refractivity contribution is -0.119. The number of nitrogens with zero attached hydrogens (tertiary/aromatic N) is 1. The number of methoxy groups -OCH3 is 2. The molecule has 0 saturated heterocycles. The summed E-state index contributed by atoms with van der Waals surface area (Å²) in [5, 5.41) is 3.06. The summed E-state index contributed by atoms with van der Waals surface area (Å²) in [6.07, 6.45) is -4.23. The van der Waals surface area contributed by atoms with Gasteiger partial charge in [0.25, 0.3) is 0 Å². The summed E-state index contributed by atoms with van der Waals surface area (Å²) in [6.45, 7) is -0.224. The van der Waals surface area contributed by atoms with Crippen LogP contribution in [0.1, 0.15) is 0 Å². The van der Waals surface area contributed by atoms with Crippen molar-refractivity contribution in [2.24, 2.45) is 0 Å². The molecule has 0 saturated carbocycles. The molecule has 106 valence electrons. The van der Waals surface area contributed by atoms with Crippen molar-refractivity contribution in [3.63, 3.8) is 0 Å². The van der Waals surface area contributed by atoms with Gasteiger partial charge >= 0.3 is 6.18 Å². The van der Waals surface area contributed by atoms with Gasteiger partial charge in [0.2, 0.25) is 0 Å². The first kappa shape index (κ1) is 13.6. The van der Waals surface area contributed by atoms with Crippen molar-refractivity contribution in [3.8, 4) is 11.5 Å². The zero-order valence-electron chi connectivity index (χ0n) is 10.7. The molecule has 1 aromatic carbocycles. The summed E-state index contributed by atoms with van der Waals surface area (Å²) in [7, 11) is 2.94. The van der Waals surface area contributed by atoms with E-state index in [2.05, 4.69) is 5.32 Å². The highest BCUT2D eigenvalue weighted by Gasteiger charge is 2.33. The Labute approximate surface area is 109 Å². The van der Waals surface area contributed by atoms with Crippen LogP contribution in [-0.2, 0) is 0 Å². The Balaban J connectivity index is 2.37. The maximum absolute atomic E-state index is 12.5. The summed E-state index contributed by atoms with van der Waals surface area (Å²) >= 11 is 0. The van der Waals surface area contributed by atoms with Gasteiger partial charge in [-0.05, 0) is 0 Å². The van der Waals surface area contributed by atoms with E-state index in [0.29, 0.717) is 36.0 Å². The van der Waals surface area contributed by atoms with E-state index in [-0.39, 0.29) is 0 Å². The van der Waals surface area contributed by atoms with Crippen LogP contribution in [0, 0.1) is 0 Å². The maximum Gasteiger partial charge on any atom is 0.405 e. The Morgan fingerprint density at radius 3 is 2.42 bits per heavy atom. The first-order chi connectivity index (χ1) is 8.94. The third kappa shape index (κ3) is 2.97. The molecule has 0 unspecified atom stereocenters. The molecule has 1 N–H and O–H groups in total. The van der Waals surface area contributed by atoms with Gasteiger partial charge in [-0.15, -0.1) is 0 Å². The molecule has 1 aliphatic rings. The Morgan fingerprint density at radius 2 is 1.84 bits per heavy atom. The lowest BCUT2D eigenvalue weighted by Crippen LogP contribution is -2.40.